The number of aryl methyl sites for hydroxylation is 2. The van der Waals surface area contributed by atoms with E-state index >= 15 is 0 Å². The molecule has 2 N–H and O–H groups in total. The summed E-state index contributed by atoms with van der Waals surface area (Å²) in [6, 6.07) is 4.52. The molecule has 0 amide bonds. The van der Waals surface area contributed by atoms with Gasteiger partial charge in [-0.3, -0.25) is 9.40 Å². The van der Waals surface area contributed by atoms with Gasteiger partial charge in [0.15, 0.2) is 0 Å². The molecule has 0 spiro atoms. The summed E-state index contributed by atoms with van der Waals surface area (Å²) >= 11 is 3.23. The van der Waals surface area contributed by atoms with Gasteiger partial charge in [-0.1, -0.05) is 15.9 Å². The normalized spacial score (nSPS) is 11.6. The molecule has 0 saturated carbocycles. The van der Waals surface area contributed by atoms with Crippen molar-refractivity contribution in [3.8, 4) is 5.75 Å². The molecule has 2 rings (SSSR count). The summed E-state index contributed by atoms with van der Waals surface area (Å²) < 4.78 is 29.4. The van der Waals surface area contributed by atoms with Crippen molar-refractivity contribution in [1.82, 2.24) is 9.78 Å². The lowest BCUT2D eigenvalue weighted by Gasteiger charge is -2.10. The van der Waals surface area contributed by atoms with Gasteiger partial charge in [0.1, 0.15) is 10.6 Å². The highest BCUT2D eigenvalue weighted by Gasteiger charge is 2.24. The maximum atomic E-state index is 12.4. The zero-order chi connectivity index (χ0) is 15.1. The Kier molecular flexibility index (Phi) is 3.79. The molecule has 6 nitrogen and oxygen atoms in total. The Morgan fingerprint density at radius 2 is 2.00 bits per heavy atom. The van der Waals surface area contributed by atoms with Crippen molar-refractivity contribution in [2.75, 3.05) is 4.72 Å². The Labute approximate surface area is 125 Å². The van der Waals surface area contributed by atoms with E-state index in [4.69, 9.17) is 0 Å². The van der Waals surface area contributed by atoms with Crippen LogP contribution in [0.15, 0.2) is 27.6 Å². The van der Waals surface area contributed by atoms with E-state index in [1.54, 1.807) is 27.0 Å². The van der Waals surface area contributed by atoms with Crippen molar-refractivity contribution in [2.24, 2.45) is 7.05 Å². The first kappa shape index (κ1) is 14.9. The second-order valence-electron chi connectivity index (χ2n) is 4.39. The van der Waals surface area contributed by atoms with Crippen molar-refractivity contribution in [3.63, 3.8) is 0 Å². The lowest BCUT2D eigenvalue weighted by atomic mass is 10.3. The molecule has 0 aliphatic carbocycles. The topological polar surface area (TPSA) is 84.2 Å². The Balaban J connectivity index is 2.49. The van der Waals surface area contributed by atoms with Gasteiger partial charge in [-0.25, -0.2) is 8.42 Å². The smallest absolute Gasteiger partial charge is 0.265 e. The molecule has 0 fully saturated rings. The minimum atomic E-state index is -3.81. The third kappa shape index (κ3) is 2.66. The third-order valence-corrected chi connectivity index (χ3v) is 5.02. The third-order valence-electron chi connectivity index (χ3n) is 2.91. The lowest BCUT2D eigenvalue weighted by Crippen LogP contribution is -2.15. The van der Waals surface area contributed by atoms with E-state index in [2.05, 4.69) is 25.8 Å². The number of benzene rings is 1. The van der Waals surface area contributed by atoms with E-state index < -0.39 is 10.0 Å². The molecular formula is C12H14BrN3O3S. The van der Waals surface area contributed by atoms with Crippen LogP contribution in [0, 0.1) is 13.8 Å². The number of halogens is 1. The average molecular weight is 360 g/mol. The molecule has 0 aliphatic rings. The van der Waals surface area contributed by atoms with Crippen molar-refractivity contribution in [1.29, 1.82) is 0 Å². The van der Waals surface area contributed by atoms with Gasteiger partial charge in [0.25, 0.3) is 10.0 Å². The fourth-order valence-electron chi connectivity index (χ4n) is 1.93. The number of rotatable bonds is 3. The molecule has 0 bridgehead atoms. The molecular weight excluding hydrogens is 346 g/mol. The molecule has 20 heavy (non-hydrogen) atoms. The van der Waals surface area contributed by atoms with Crippen LogP contribution < -0.4 is 4.72 Å². The molecule has 1 heterocycles. The first-order chi connectivity index (χ1) is 9.22. The van der Waals surface area contributed by atoms with Gasteiger partial charge in [-0.05, 0) is 32.0 Å². The van der Waals surface area contributed by atoms with Gasteiger partial charge in [0, 0.05) is 11.5 Å². The maximum Gasteiger partial charge on any atom is 0.265 e. The van der Waals surface area contributed by atoms with Crippen LogP contribution in [0.3, 0.4) is 0 Å². The molecule has 0 radical (unpaired) electrons. The van der Waals surface area contributed by atoms with Crippen molar-refractivity contribution in [2.45, 2.75) is 18.7 Å². The van der Waals surface area contributed by atoms with Crippen LogP contribution in [0.4, 0.5) is 5.69 Å². The van der Waals surface area contributed by atoms with E-state index in [1.165, 1.54) is 16.8 Å². The van der Waals surface area contributed by atoms with E-state index in [0.29, 0.717) is 15.9 Å². The van der Waals surface area contributed by atoms with Gasteiger partial charge in [0.05, 0.1) is 17.1 Å². The molecule has 1 aromatic carbocycles. The minimum Gasteiger partial charge on any atom is -0.506 e. The number of aromatic nitrogens is 2. The van der Waals surface area contributed by atoms with E-state index in [0.717, 1.165) is 0 Å². The average Bonchev–Trinajstić information content (AvgIpc) is 2.58. The van der Waals surface area contributed by atoms with Crippen LogP contribution in [0.5, 0.6) is 5.75 Å². The Bertz CT molecular complexity index is 768. The van der Waals surface area contributed by atoms with E-state index in [-0.39, 0.29) is 16.3 Å². The number of nitrogens with zero attached hydrogens (tertiary/aromatic N) is 2. The first-order valence-corrected chi connectivity index (χ1v) is 8.01. The molecule has 0 aliphatic heterocycles. The predicted molar refractivity (Wildman–Crippen MR) is 79.3 cm³/mol. The number of sulfonamides is 1. The molecule has 2 aromatic rings. The molecule has 1 aromatic heterocycles. The van der Waals surface area contributed by atoms with Gasteiger partial charge in [0.2, 0.25) is 0 Å². The largest absolute Gasteiger partial charge is 0.506 e. The van der Waals surface area contributed by atoms with Crippen LogP contribution in [-0.4, -0.2) is 23.3 Å². The number of anilines is 1. The standard InChI is InChI=1S/C12H14BrN3O3S/c1-7-12(8(2)16(3)14-7)20(18,19)15-10-6-9(13)4-5-11(10)17/h4-6,15,17H,1-3H3. The Morgan fingerprint density at radius 1 is 1.35 bits per heavy atom. The monoisotopic (exact) mass is 359 g/mol. The van der Waals surface area contributed by atoms with Gasteiger partial charge in [-0.15, -0.1) is 0 Å². The maximum absolute atomic E-state index is 12.4. The molecule has 108 valence electrons. The zero-order valence-electron chi connectivity index (χ0n) is 11.2. The number of phenols is 1. The number of phenolic OH excluding ortho intramolecular Hbond substituents is 1. The minimum absolute atomic E-state index is 0.113. The van der Waals surface area contributed by atoms with Gasteiger partial charge < -0.3 is 5.11 Å². The number of nitrogens with one attached hydrogen (secondary N) is 1. The fraction of sp³-hybridized carbons (Fsp3) is 0.250. The summed E-state index contributed by atoms with van der Waals surface area (Å²) in [4.78, 5) is 0.124. The van der Waals surface area contributed by atoms with E-state index in [9.17, 15) is 13.5 Å². The zero-order valence-corrected chi connectivity index (χ0v) is 13.6. The molecule has 0 atom stereocenters. The second-order valence-corrected chi connectivity index (χ2v) is 6.93. The molecule has 8 heteroatoms. The quantitative estimate of drug-likeness (QED) is 0.823. The summed E-state index contributed by atoms with van der Waals surface area (Å²) in [6.07, 6.45) is 0. The Morgan fingerprint density at radius 3 is 2.55 bits per heavy atom. The SMILES string of the molecule is Cc1nn(C)c(C)c1S(=O)(=O)Nc1cc(Br)ccc1O. The number of aromatic hydroxyl groups is 1. The van der Waals surface area contributed by atoms with Gasteiger partial charge in [-0.2, -0.15) is 5.10 Å². The highest BCUT2D eigenvalue weighted by molar-refractivity contribution is 9.10. The van der Waals surface area contributed by atoms with Crippen molar-refractivity contribution < 1.29 is 13.5 Å². The van der Waals surface area contributed by atoms with Crippen LogP contribution in [0.25, 0.3) is 0 Å². The molecule has 0 saturated heterocycles. The van der Waals surface area contributed by atoms with E-state index in [1.807, 2.05) is 0 Å². The summed E-state index contributed by atoms with van der Waals surface area (Å²) in [7, 11) is -2.13. The number of hydrogen-bond acceptors (Lipinski definition) is 4. The van der Waals surface area contributed by atoms with Crippen molar-refractivity contribution in [3.05, 3.63) is 34.1 Å². The Hall–Kier alpha value is -1.54. The number of hydrogen-bond donors (Lipinski definition) is 2. The summed E-state index contributed by atoms with van der Waals surface area (Å²) in [5.41, 5.74) is 1.05. The lowest BCUT2D eigenvalue weighted by molar-refractivity contribution is 0.477. The van der Waals surface area contributed by atoms with Crippen molar-refractivity contribution >= 4 is 31.6 Å². The fourth-order valence-corrected chi connectivity index (χ4v) is 3.80. The first-order valence-electron chi connectivity index (χ1n) is 5.74. The van der Waals surface area contributed by atoms with Crippen LogP contribution in [0.1, 0.15) is 11.4 Å². The van der Waals surface area contributed by atoms with Crippen LogP contribution in [0.2, 0.25) is 0 Å². The molecule has 0 unspecified atom stereocenters. The van der Waals surface area contributed by atoms with Crippen LogP contribution in [-0.2, 0) is 17.1 Å². The predicted octanol–water partition coefficient (Wildman–Crippen LogP) is 2.31. The highest BCUT2D eigenvalue weighted by Crippen LogP contribution is 2.30. The highest BCUT2D eigenvalue weighted by atomic mass is 79.9. The van der Waals surface area contributed by atoms with Gasteiger partial charge >= 0.3 is 0 Å². The van der Waals surface area contributed by atoms with Crippen LogP contribution >= 0.6 is 15.9 Å². The summed E-state index contributed by atoms with van der Waals surface area (Å²) in [5.74, 6) is -0.143. The summed E-state index contributed by atoms with van der Waals surface area (Å²) in [5, 5.41) is 13.8. The summed E-state index contributed by atoms with van der Waals surface area (Å²) in [6.45, 7) is 3.30. The second kappa shape index (κ2) is 5.10.